The number of hydrogen-bond donors (Lipinski definition) is 2. The molecule has 0 bridgehead atoms. The second-order valence-electron chi connectivity index (χ2n) is 5.98. The molecule has 0 aliphatic heterocycles. The number of carbonyl (C=O) groups is 1. The van der Waals surface area contributed by atoms with Gasteiger partial charge in [0.05, 0.1) is 17.2 Å². The summed E-state index contributed by atoms with van der Waals surface area (Å²) >= 11 is 2.73. The maximum absolute atomic E-state index is 12.1. The molecule has 1 heterocycles. The van der Waals surface area contributed by atoms with Crippen LogP contribution in [0.25, 0.3) is 0 Å². The summed E-state index contributed by atoms with van der Waals surface area (Å²) in [6.45, 7) is 0.565. The van der Waals surface area contributed by atoms with Crippen LogP contribution < -0.4 is 15.3 Å². The third-order valence-corrected chi connectivity index (χ3v) is 6.82. The standard InChI is InChI=1S/C18H19N5O3S3/c1-23-17(20-11-13-5-3-2-4-6-13)28-18(22-23)27-12-16(24)21-14-7-9-15(10-8-14)29(19,25)26/h2-10H,11-12H2,1H3,(H,21,24)(H2,19,25,26). The van der Waals surface area contributed by atoms with Gasteiger partial charge >= 0.3 is 0 Å². The fourth-order valence-electron chi connectivity index (χ4n) is 2.32. The van der Waals surface area contributed by atoms with E-state index in [1.54, 1.807) is 4.68 Å². The van der Waals surface area contributed by atoms with Crippen molar-refractivity contribution in [1.82, 2.24) is 9.78 Å². The first-order valence-electron chi connectivity index (χ1n) is 8.45. The molecule has 8 nitrogen and oxygen atoms in total. The van der Waals surface area contributed by atoms with Crippen molar-refractivity contribution in [3.8, 4) is 0 Å². The van der Waals surface area contributed by atoms with E-state index in [0.29, 0.717) is 12.2 Å². The molecule has 0 aliphatic carbocycles. The van der Waals surface area contributed by atoms with Gasteiger partial charge in [0.1, 0.15) is 0 Å². The lowest BCUT2D eigenvalue weighted by molar-refractivity contribution is -0.113. The van der Waals surface area contributed by atoms with Crippen LogP contribution in [0.1, 0.15) is 5.56 Å². The van der Waals surface area contributed by atoms with Crippen LogP contribution in [0.4, 0.5) is 5.69 Å². The number of carbonyl (C=O) groups excluding carboxylic acids is 1. The smallest absolute Gasteiger partial charge is 0.238 e. The van der Waals surface area contributed by atoms with Gasteiger partial charge in [-0.1, -0.05) is 53.4 Å². The molecule has 2 aromatic carbocycles. The highest BCUT2D eigenvalue weighted by Crippen LogP contribution is 2.18. The molecule has 3 N–H and O–H groups in total. The van der Waals surface area contributed by atoms with Crippen molar-refractivity contribution in [2.45, 2.75) is 15.8 Å². The minimum Gasteiger partial charge on any atom is -0.325 e. The number of thioether (sulfide) groups is 1. The lowest BCUT2D eigenvalue weighted by Gasteiger charge is -2.05. The summed E-state index contributed by atoms with van der Waals surface area (Å²) in [5.41, 5.74) is 1.61. The Morgan fingerprint density at radius 1 is 1.21 bits per heavy atom. The zero-order valence-corrected chi connectivity index (χ0v) is 17.9. The van der Waals surface area contributed by atoms with E-state index in [1.807, 2.05) is 37.4 Å². The second-order valence-corrected chi connectivity index (χ2v) is 9.72. The largest absolute Gasteiger partial charge is 0.325 e. The first kappa shape index (κ1) is 21.2. The van der Waals surface area contributed by atoms with Crippen LogP contribution in [-0.4, -0.2) is 29.9 Å². The number of benzene rings is 2. The lowest BCUT2D eigenvalue weighted by Crippen LogP contribution is -2.15. The maximum Gasteiger partial charge on any atom is 0.238 e. The van der Waals surface area contributed by atoms with Gasteiger partial charge in [0.15, 0.2) is 4.34 Å². The van der Waals surface area contributed by atoms with Gasteiger partial charge < -0.3 is 5.32 Å². The van der Waals surface area contributed by atoms with Gasteiger partial charge in [0.2, 0.25) is 20.7 Å². The molecule has 0 aliphatic rings. The topological polar surface area (TPSA) is 119 Å². The second kappa shape index (κ2) is 9.35. The lowest BCUT2D eigenvalue weighted by atomic mass is 10.2. The van der Waals surface area contributed by atoms with Crippen molar-refractivity contribution >= 4 is 44.7 Å². The predicted molar refractivity (Wildman–Crippen MR) is 114 cm³/mol. The number of primary sulfonamides is 1. The van der Waals surface area contributed by atoms with Gasteiger partial charge in [-0.2, -0.15) is 5.10 Å². The van der Waals surface area contributed by atoms with Gasteiger partial charge in [0, 0.05) is 12.7 Å². The molecule has 11 heteroatoms. The average molecular weight is 450 g/mol. The quantitative estimate of drug-likeness (QED) is 0.535. The van der Waals surface area contributed by atoms with E-state index in [1.165, 1.54) is 47.4 Å². The number of sulfonamides is 1. The normalized spacial score (nSPS) is 12.1. The third kappa shape index (κ3) is 6.26. The Labute approximate surface area is 176 Å². The molecule has 0 atom stereocenters. The van der Waals surface area contributed by atoms with Crippen LogP contribution in [0.15, 0.2) is 68.8 Å². The third-order valence-electron chi connectivity index (χ3n) is 3.72. The number of aromatic nitrogens is 2. The Bertz CT molecular complexity index is 1150. The van der Waals surface area contributed by atoms with Gasteiger partial charge in [-0.25, -0.2) is 18.2 Å². The van der Waals surface area contributed by atoms with E-state index in [0.717, 1.165) is 14.7 Å². The highest BCUT2D eigenvalue weighted by molar-refractivity contribution is 8.01. The number of amides is 1. The summed E-state index contributed by atoms with van der Waals surface area (Å²) in [5, 5.41) is 12.1. The molecule has 1 aromatic heterocycles. The summed E-state index contributed by atoms with van der Waals surface area (Å²) in [5.74, 6) is -0.0539. The Morgan fingerprint density at radius 2 is 1.90 bits per heavy atom. The summed E-state index contributed by atoms with van der Waals surface area (Å²) < 4.78 is 24.9. The first-order chi connectivity index (χ1) is 13.8. The molecule has 0 fully saturated rings. The van der Waals surface area contributed by atoms with E-state index in [-0.39, 0.29) is 16.6 Å². The zero-order valence-electron chi connectivity index (χ0n) is 15.5. The Morgan fingerprint density at radius 3 is 2.55 bits per heavy atom. The molecule has 3 rings (SSSR count). The van der Waals surface area contributed by atoms with Crippen molar-refractivity contribution in [2.24, 2.45) is 17.2 Å². The van der Waals surface area contributed by atoms with Crippen LogP contribution in [0, 0.1) is 0 Å². The summed E-state index contributed by atoms with van der Waals surface area (Å²) in [4.78, 5) is 17.5. The number of nitrogens with two attached hydrogens (primary N) is 1. The molecule has 0 saturated heterocycles. The van der Waals surface area contributed by atoms with Crippen LogP contribution in [0.3, 0.4) is 0 Å². The van der Waals surface area contributed by atoms with E-state index in [2.05, 4.69) is 15.4 Å². The van der Waals surface area contributed by atoms with Crippen LogP contribution in [0.5, 0.6) is 0 Å². The van der Waals surface area contributed by atoms with Crippen LogP contribution in [0.2, 0.25) is 0 Å². The number of aryl methyl sites for hydroxylation is 1. The van der Waals surface area contributed by atoms with E-state index >= 15 is 0 Å². The van der Waals surface area contributed by atoms with Crippen molar-refractivity contribution in [2.75, 3.05) is 11.1 Å². The molecular weight excluding hydrogens is 430 g/mol. The first-order valence-corrected chi connectivity index (χ1v) is 11.8. The number of nitrogens with zero attached hydrogens (tertiary/aromatic N) is 3. The molecule has 0 unspecified atom stereocenters. The summed E-state index contributed by atoms with van der Waals surface area (Å²) in [6, 6.07) is 15.6. The van der Waals surface area contributed by atoms with Crippen LogP contribution >= 0.6 is 23.1 Å². The Balaban J connectivity index is 1.56. The molecule has 0 saturated carbocycles. The minimum atomic E-state index is -3.75. The van der Waals surface area contributed by atoms with Gasteiger partial charge in [-0.15, -0.1) is 0 Å². The van der Waals surface area contributed by atoms with Gasteiger partial charge in [-0.05, 0) is 29.8 Å². The molecular formula is C18H19N5O3S3. The Hall–Kier alpha value is -2.47. The number of rotatable bonds is 7. The highest BCUT2D eigenvalue weighted by atomic mass is 32.2. The SMILES string of the molecule is Cn1nc(SCC(=O)Nc2ccc(S(N)(=O)=O)cc2)sc1=NCc1ccccc1. The van der Waals surface area contributed by atoms with E-state index in [9.17, 15) is 13.2 Å². The number of anilines is 1. The monoisotopic (exact) mass is 449 g/mol. The Kier molecular flexibility index (Phi) is 6.85. The fourth-order valence-corrected chi connectivity index (χ4v) is 4.60. The molecule has 1 amide bonds. The van der Waals surface area contributed by atoms with Gasteiger partial charge in [-0.3, -0.25) is 9.79 Å². The summed E-state index contributed by atoms with van der Waals surface area (Å²) in [6.07, 6.45) is 0. The minimum absolute atomic E-state index is 0.00746. The molecule has 3 aromatic rings. The maximum atomic E-state index is 12.1. The zero-order chi connectivity index (χ0) is 20.9. The number of hydrogen-bond acceptors (Lipinski definition) is 7. The van der Waals surface area contributed by atoms with E-state index < -0.39 is 10.0 Å². The molecule has 0 spiro atoms. The van der Waals surface area contributed by atoms with E-state index in [4.69, 9.17) is 5.14 Å². The molecule has 152 valence electrons. The summed E-state index contributed by atoms with van der Waals surface area (Å²) in [7, 11) is -1.94. The van der Waals surface area contributed by atoms with Gasteiger partial charge in [0.25, 0.3) is 0 Å². The molecule has 29 heavy (non-hydrogen) atoms. The fraction of sp³-hybridized carbons (Fsp3) is 0.167. The van der Waals surface area contributed by atoms with Crippen molar-refractivity contribution in [1.29, 1.82) is 0 Å². The predicted octanol–water partition coefficient (Wildman–Crippen LogP) is 1.96. The van der Waals surface area contributed by atoms with Crippen molar-refractivity contribution in [3.05, 3.63) is 65.0 Å². The van der Waals surface area contributed by atoms with Crippen molar-refractivity contribution < 1.29 is 13.2 Å². The molecule has 0 radical (unpaired) electrons. The van der Waals surface area contributed by atoms with Crippen molar-refractivity contribution in [3.63, 3.8) is 0 Å². The number of nitrogens with one attached hydrogen (secondary N) is 1. The highest BCUT2D eigenvalue weighted by Gasteiger charge is 2.10. The average Bonchev–Trinajstić information content (AvgIpc) is 3.05. The van der Waals surface area contributed by atoms with Crippen LogP contribution in [-0.2, 0) is 28.4 Å².